The molecule has 0 bridgehead atoms. The first kappa shape index (κ1) is 15.3. The standard InChI is InChI=1S/C15H21N3O3/c1-2-12(13-7-4-8-21-13)18-14(19)10-5-3-6-11(9-10)17-15(16)20/h3,5-6,9,12-13H,2,4,7-8H2,1H3,(H,18,19)(H3,16,17,20). The Morgan fingerprint density at radius 1 is 1.48 bits per heavy atom. The topological polar surface area (TPSA) is 93.5 Å². The van der Waals surface area contributed by atoms with Crippen LogP contribution < -0.4 is 16.4 Å². The number of benzene rings is 1. The lowest BCUT2D eigenvalue weighted by Gasteiger charge is -2.23. The van der Waals surface area contributed by atoms with E-state index in [4.69, 9.17) is 10.5 Å². The smallest absolute Gasteiger partial charge is 0.316 e. The molecule has 1 heterocycles. The van der Waals surface area contributed by atoms with Gasteiger partial charge in [0, 0.05) is 17.9 Å². The van der Waals surface area contributed by atoms with Crippen LogP contribution >= 0.6 is 0 Å². The summed E-state index contributed by atoms with van der Waals surface area (Å²) in [5.74, 6) is -0.175. The van der Waals surface area contributed by atoms with Crippen LogP contribution in [0.5, 0.6) is 0 Å². The normalized spacial score (nSPS) is 19.0. The molecule has 114 valence electrons. The lowest BCUT2D eigenvalue weighted by atomic mass is 10.0. The second kappa shape index (κ2) is 7.08. The van der Waals surface area contributed by atoms with E-state index >= 15 is 0 Å². The summed E-state index contributed by atoms with van der Waals surface area (Å²) in [7, 11) is 0. The first-order valence-corrected chi connectivity index (χ1v) is 7.19. The Balaban J connectivity index is 2.03. The Hall–Kier alpha value is -2.08. The van der Waals surface area contributed by atoms with E-state index in [1.807, 2.05) is 6.92 Å². The zero-order valence-corrected chi connectivity index (χ0v) is 12.1. The summed E-state index contributed by atoms with van der Waals surface area (Å²) in [5.41, 5.74) is 6.05. The van der Waals surface area contributed by atoms with Crippen LogP contribution in [0.25, 0.3) is 0 Å². The van der Waals surface area contributed by atoms with Crippen LogP contribution in [0.1, 0.15) is 36.5 Å². The molecule has 1 aliphatic rings. The summed E-state index contributed by atoms with van der Waals surface area (Å²) < 4.78 is 5.63. The molecular weight excluding hydrogens is 270 g/mol. The van der Waals surface area contributed by atoms with Gasteiger partial charge in [-0.3, -0.25) is 4.79 Å². The molecule has 2 rings (SSSR count). The van der Waals surface area contributed by atoms with E-state index in [-0.39, 0.29) is 18.1 Å². The lowest BCUT2D eigenvalue weighted by molar-refractivity contribution is 0.0665. The molecule has 4 N–H and O–H groups in total. The largest absolute Gasteiger partial charge is 0.376 e. The van der Waals surface area contributed by atoms with E-state index in [0.717, 1.165) is 25.9 Å². The maximum atomic E-state index is 12.3. The molecule has 2 unspecified atom stereocenters. The van der Waals surface area contributed by atoms with Crippen LogP contribution in [0, 0.1) is 0 Å². The van der Waals surface area contributed by atoms with Gasteiger partial charge in [-0.15, -0.1) is 0 Å². The monoisotopic (exact) mass is 291 g/mol. The van der Waals surface area contributed by atoms with Gasteiger partial charge >= 0.3 is 6.03 Å². The fourth-order valence-corrected chi connectivity index (χ4v) is 2.51. The Morgan fingerprint density at radius 3 is 2.90 bits per heavy atom. The average molecular weight is 291 g/mol. The molecule has 6 nitrogen and oxygen atoms in total. The van der Waals surface area contributed by atoms with Gasteiger partial charge in [-0.25, -0.2) is 4.79 Å². The van der Waals surface area contributed by atoms with Crippen LogP contribution in [-0.4, -0.2) is 30.7 Å². The van der Waals surface area contributed by atoms with Crippen LogP contribution in [0.3, 0.4) is 0 Å². The Bertz CT molecular complexity index is 513. The molecule has 0 aliphatic carbocycles. The van der Waals surface area contributed by atoms with Crippen molar-refractivity contribution in [1.29, 1.82) is 0 Å². The molecule has 0 saturated carbocycles. The number of anilines is 1. The van der Waals surface area contributed by atoms with Crippen molar-refractivity contribution < 1.29 is 14.3 Å². The highest BCUT2D eigenvalue weighted by Gasteiger charge is 2.26. The van der Waals surface area contributed by atoms with E-state index in [1.54, 1.807) is 24.3 Å². The number of hydrogen-bond donors (Lipinski definition) is 3. The number of nitrogens with two attached hydrogens (primary N) is 1. The van der Waals surface area contributed by atoms with Crippen molar-refractivity contribution >= 4 is 17.6 Å². The molecule has 1 aromatic carbocycles. The fourth-order valence-electron chi connectivity index (χ4n) is 2.51. The Kier molecular flexibility index (Phi) is 5.16. The highest BCUT2D eigenvalue weighted by molar-refractivity contribution is 5.96. The SMILES string of the molecule is CCC(NC(=O)c1cccc(NC(N)=O)c1)C1CCCO1. The van der Waals surface area contributed by atoms with Crippen LogP contribution in [0.15, 0.2) is 24.3 Å². The molecule has 0 spiro atoms. The molecule has 0 aromatic heterocycles. The summed E-state index contributed by atoms with van der Waals surface area (Å²) in [6.07, 6.45) is 2.91. The lowest BCUT2D eigenvalue weighted by Crippen LogP contribution is -2.42. The number of urea groups is 1. The first-order valence-electron chi connectivity index (χ1n) is 7.19. The predicted octanol–water partition coefficient (Wildman–Crippen LogP) is 1.86. The number of ether oxygens (including phenoxy) is 1. The second-order valence-electron chi connectivity index (χ2n) is 5.11. The third-order valence-corrected chi connectivity index (χ3v) is 3.56. The number of carbonyl (C=O) groups excluding carboxylic acids is 2. The quantitative estimate of drug-likeness (QED) is 0.773. The van der Waals surface area contributed by atoms with E-state index in [2.05, 4.69) is 10.6 Å². The molecule has 1 aliphatic heterocycles. The van der Waals surface area contributed by atoms with Gasteiger partial charge < -0.3 is 21.1 Å². The third kappa shape index (κ3) is 4.19. The first-order chi connectivity index (χ1) is 10.1. The van der Waals surface area contributed by atoms with Gasteiger partial charge in [-0.05, 0) is 37.5 Å². The Morgan fingerprint density at radius 2 is 2.29 bits per heavy atom. The van der Waals surface area contributed by atoms with Gasteiger partial charge in [0.15, 0.2) is 0 Å². The van der Waals surface area contributed by atoms with Crippen LogP contribution in [0.2, 0.25) is 0 Å². The van der Waals surface area contributed by atoms with Crippen molar-refractivity contribution in [2.45, 2.75) is 38.3 Å². The van der Waals surface area contributed by atoms with Crippen LogP contribution in [-0.2, 0) is 4.74 Å². The minimum atomic E-state index is -0.654. The number of nitrogens with one attached hydrogen (secondary N) is 2. The third-order valence-electron chi connectivity index (χ3n) is 3.56. The van der Waals surface area contributed by atoms with Crippen molar-refractivity contribution in [3.05, 3.63) is 29.8 Å². The highest BCUT2D eigenvalue weighted by Crippen LogP contribution is 2.18. The van der Waals surface area contributed by atoms with E-state index in [9.17, 15) is 9.59 Å². The maximum Gasteiger partial charge on any atom is 0.316 e. The van der Waals surface area contributed by atoms with Gasteiger partial charge in [-0.1, -0.05) is 13.0 Å². The highest BCUT2D eigenvalue weighted by atomic mass is 16.5. The molecule has 2 atom stereocenters. The van der Waals surface area contributed by atoms with Gasteiger partial charge in [0.2, 0.25) is 0 Å². The molecule has 6 heteroatoms. The molecular formula is C15H21N3O3. The van der Waals surface area contributed by atoms with Crippen molar-refractivity contribution in [3.63, 3.8) is 0 Å². The summed E-state index contributed by atoms with van der Waals surface area (Å²) in [5, 5.41) is 5.45. The molecule has 1 saturated heterocycles. The van der Waals surface area contributed by atoms with Gasteiger partial charge in [0.1, 0.15) is 0 Å². The number of carbonyl (C=O) groups is 2. The number of hydrogen-bond acceptors (Lipinski definition) is 3. The van der Waals surface area contributed by atoms with Crippen molar-refractivity contribution in [2.24, 2.45) is 5.73 Å². The van der Waals surface area contributed by atoms with E-state index in [0.29, 0.717) is 11.3 Å². The van der Waals surface area contributed by atoms with Crippen molar-refractivity contribution in [3.8, 4) is 0 Å². The summed E-state index contributed by atoms with van der Waals surface area (Å²) in [4.78, 5) is 23.1. The van der Waals surface area contributed by atoms with Gasteiger partial charge in [0.05, 0.1) is 12.1 Å². The van der Waals surface area contributed by atoms with E-state index < -0.39 is 6.03 Å². The van der Waals surface area contributed by atoms with E-state index in [1.165, 1.54) is 0 Å². The number of primary amides is 1. The molecule has 0 radical (unpaired) electrons. The fraction of sp³-hybridized carbons (Fsp3) is 0.467. The zero-order valence-electron chi connectivity index (χ0n) is 12.1. The number of rotatable bonds is 5. The molecule has 21 heavy (non-hydrogen) atoms. The summed E-state index contributed by atoms with van der Waals surface area (Å²) in [6.45, 7) is 2.78. The summed E-state index contributed by atoms with van der Waals surface area (Å²) >= 11 is 0. The number of amides is 3. The Labute approximate surface area is 124 Å². The second-order valence-corrected chi connectivity index (χ2v) is 5.11. The summed E-state index contributed by atoms with van der Waals surface area (Å²) in [6, 6.07) is 6.03. The minimum Gasteiger partial charge on any atom is -0.376 e. The molecule has 3 amide bonds. The average Bonchev–Trinajstić information content (AvgIpc) is 2.98. The van der Waals surface area contributed by atoms with Crippen LogP contribution in [0.4, 0.5) is 10.5 Å². The van der Waals surface area contributed by atoms with Gasteiger partial charge in [0.25, 0.3) is 5.91 Å². The predicted molar refractivity (Wildman–Crippen MR) is 80.2 cm³/mol. The zero-order chi connectivity index (χ0) is 15.2. The van der Waals surface area contributed by atoms with Crippen molar-refractivity contribution in [2.75, 3.05) is 11.9 Å². The maximum absolute atomic E-state index is 12.3. The van der Waals surface area contributed by atoms with Crippen molar-refractivity contribution in [1.82, 2.24) is 5.32 Å². The molecule has 1 aromatic rings. The molecule has 1 fully saturated rings. The van der Waals surface area contributed by atoms with Gasteiger partial charge in [-0.2, -0.15) is 0 Å². The minimum absolute atomic E-state index is 0.00718.